The molecule has 4 nitrogen and oxygen atoms in total. The maximum absolute atomic E-state index is 13.5. The van der Waals surface area contributed by atoms with Crippen LogP contribution in [0.5, 0.6) is 5.75 Å². The molecular formula is C26H25ClN2O2S. The van der Waals surface area contributed by atoms with E-state index < -0.39 is 0 Å². The largest absolute Gasteiger partial charge is 0.494 e. The van der Waals surface area contributed by atoms with Gasteiger partial charge in [0, 0.05) is 5.56 Å². The van der Waals surface area contributed by atoms with E-state index in [1.807, 2.05) is 72.8 Å². The number of halogens is 1. The molecule has 0 bridgehead atoms. The van der Waals surface area contributed by atoms with Crippen LogP contribution in [0.3, 0.4) is 0 Å². The molecule has 1 amide bonds. The molecule has 4 rings (SSSR count). The van der Waals surface area contributed by atoms with E-state index in [9.17, 15) is 4.79 Å². The fourth-order valence-corrected chi connectivity index (χ4v) is 4.67. The number of para-hydroxylation sites is 1. The number of hydrogen-bond acceptors (Lipinski definition) is 4. The van der Waals surface area contributed by atoms with Crippen LogP contribution in [0.2, 0.25) is 5.02 Å². The molecule has 0 N–H and O–H groups in total. The molecule has 0 aliphatic carbocycles. The van der Waals surface area contributed by atoms with E-state index >= 15 is 0 Å². The van der Waals surface area contributed by atoms with Gasteiger partial charge in [-0.05, 0) is 48.4 Å². The SMILES string of the molecule is CCCCCOc1ccc(C(=O)N(Cc2ccccc2)c2nc3c(Cl)cccc3s2)cc1. The zero-order valence-electron chi connectivity index (χ0n) is 18.0. The number of carbonyl (C=O) groups excluding carboxylic acids is 1. The summed E-state index contributed by atoms with van der Waals surface area (Å²) in [4.78, 5) is 20.0. The lowest BCUT2D eigenvalue weighted by Crippen LogP contribution is -2.30. The summed E-state index contributed by atoms with van der Waals surface area (Å²) >= 11 is 7.80. The summed E-state index contributed by atoms with van der Waals surface area (Å²) in [6.07, 6.45) is 3.34. The molecule has 0 saturated heterocycles. The summed E-state index contributed by atoms with van der Waals surface area (Å²) in [6, 6.07) is 22.9. The molecule has 0 spiro atoms. The fourth-order valence-electron chi connectivity index (χ4n) is 3.40. The molecule has 32 heavy (non-hydrogen) atoms. The Hall–Kier alpha value is -2.89. The molecule has 0 radical (unpaired) electrons. The highest BCUT2D eigenvalue weighted by Crippen LogP contribution is 2.34. The third-order valence-electron chi connectivity index (χ3n) is 5.14. The predicted molar refractivity (Wildman–Crippen MR) is 133 cm³/mol. The van der Waals surface area contributed by atoms with Gasteiger partial charge in [-0.25, -0.2) is 4.98 Å². The third-order valence-corrected chi connectivity index (χ3v) is 6.48. The quantitative estimate of drug-likeness (QED) is 0.243. The van der Waals surface area contributed by atoms with Crippen molar-refractivity contribution >= 4 is 44.2 Å². The maximum atomic E-state index is 13.5. The van der Waals surface area contributed by atoms with Crippen LogP contribution < -0.4 is 9.64 Å². The summed E-state index contributed by atoms with van der Waals surface area (Å²) in [5.74, 6) is 0.667. The van der Waals surface area contributed by atoms with Crippen molar-refractivity contribution in [2.45, 2.75) is 32.7 Å². The lowest BCUT2D eigenvalue weighted by atomic mass is 10.1. The minimum atomic E-state index is -0.110. The van der Waals surface area contributed by atoms with Crippen molar-refractivity contribution in [2.24, 2.45) is 0 Å². The molecule has 6 heteroatoms. The van der Waals surface area contributed by atoms with Crippen molar-refractivity contribution < 1.29 is 9.53 Å². The summed E-state index contributed by atoms with van der Waals surface area (Å²) in [5.41, 5.74) is 2.34. The molecule has 4 aromatic rings. The van der Waals surface area contributed by atoms with E-state index in [0.29, 0.717) is 28.9 Å². The van der Waals surface area contributed by atoms with Gasteiger partial charge >= 0.3 is 0 Å². The van der Waals surface area contributed by atoms with Crippen molar-refractivity contribution in [3.05, 3.63) is 88.9 Å². The first-order chi connectivity index (χ1) is 15.7. The molecule has 0 atom stereocenters. The standard InChI is InChI=1S/C26H25ClN2O2S/c1-2-3-7-17-31-21-15-13-20(14-16-21)25(30)29(18-19-9-5-4-6-10-19)26-28-24-22(27)11-8-12-23(24)32-26/h4-6,8-16H,2-3,7,17-18H2,1H3. The highest BCUT2D eigenvalue weighted by Gasteiger charge is 2.22. The van der Waals surface area contributed by atoms with Gasteiger partial charge in [0.05, 0.1) is 22.9 Å². The Morgan fingerprint density at radius 2 is 1.78 bits per heavy atom. The van der Waals surface area contributed by atoms with E-state index in [1.165, 1.54) is 11.3 Å². The third kappa shape index (κ3) is 5.29. The molecule has 0 fully saturated rings. The van der Waals surface area contributed by atoms with Gasteiger partial charge in [0.2, 0.25) is 0 Å². The number of ether oxygens (including phenoxy) is 1. The topological polar surface area (TPSA) is 42.4 Å². The molecule has 3 aromatic carbocycles. The van der Waals surface area contributed by atoms with Crippen LogP contribution in [-0.2, 0) is 6.54 Å². The average Bonchev–Trinajstić information content (AvgIpc) is 3.26. The van der Waals surface area contributed by atoms with Crippen molar-refractivity contribution in [3.63, 3.8) is 0 Å². The molecule has 0 aliphatic heterocycles. The van der Waals surface area contributed by atoms with E-state index in [0.717, 1.165) is 40.8 Å². The Morgan fingerprint density at radius 1 is 1.00 bits per heavy atom. The number of thiazole rings is 1. The monoisotopic (exact) mass is 464 g/mol. The zero-order chi connectivity index (χ0) is 22.3. The molecule has 1 aromatic heterocycles. The van der Waals surface area contributed by atoms with Crippen LogP contribution in [0.15, 0.2) is 72.8 Å². The number of benzene rings is 3. The fraction of sp³-hybridized carbons (Fsp3) is 0.231. The number of hydrogen-bond donors (Lipinski definition) is 0. The number of aromatic nitrogens is 1. The Bertz CT molecular complexity index is 1180. The average molecular weight is 465 g/mol. The first-order valence-electron chi connectivity index (χ1n) is 10.8. The summed E-state index contributed by atoms with van der Waals surface area (Å²) in [6.45, 7) is 3.28. The molecule has 164 valence electrons. The number of fused-ring (bicyclic) bond motifs is 1. The first kappa shape index (κ1) is 22.3. The normalized spacial score (nSPS) is 10.9. The van der Waals surface area contributed by atoms with Gasteiger partial charge in [-0.3, -0.25) is 9.69 Å². The number of carbonyl (C=O) groups is 1. The first-order valence-corrected chi connectivity index (χ1v) is 12.0. The van der Waals surface area contributed by atoms with Gasteiger partial charge in [-0.2, -0.15) is 0 Å². The second-order valence-electron chi connectivity index (χ2n) is 7.54. The Kier molecular flexibility index (Phi) is 7.40. The summed E-state index contributed by atoms with van der Waals surface area (Å²) in [7, 11) is 0. The zero-order valence-corrected chi connectivity index (χ0v) is 19.5. The molecule has 0 aliphatic rings. The van der Waals surface area contributed by atoms with Gasteiger partial charge in [0.1, 0.15) is 11.3 Å². The van der Waals surface area contributed by atoms with E-state index in [1.54, 1.807) is 4.90 Å². The predicted octanol–water partition coefficient (Wildman–Crippen LogP) is 7.37. The van der Waals surface area contributed by atoms with Crippen LogP contribution in [0.4, 0.5) is 5.13 Å². The molecule has 0 unspecified atom stereocenters. The summed E-state index contributed by atoms with van der Waals surface area (Å²) in [5, 5.41) is 1.21. The van der Waals surface area contributed by atoms with E-state index in [-0.39, 0.29) is 5.91 Å². The van der Waals surface area contributed by atoms with Gasteiger partial charge in [-0.1, -0.05) is 79.1 Å². The Labute approximate surface area is 197 Å². The van der Waals surface area contributed by atoms with Gasteiger partial charge in [0.15, 0.2) is 5.13 Å². The number of nitrogens with zero attached hydrogens (tertiary/aromatic N) is 2. The molecule has 0 saturated carbocycles. The maximum Gasteiger partial charge on any atom is 0.260 e. The van der Waals surface area contributed by atoms with Gasteiger partial charge in [-0.15, -0.1) is 0 Å². The minimum Gasteiger partial charge on any atom is -0.494 e. The Morgan fingerprint density at radius 3 is 2.50 bits per heavy atom. The smallest absolute Gasteiger partial charge is 0.260 e. The minimum absolute atomic E-state index is 0.110. The number of anilines is 1. The second-order valence-corrected chi connectivity index (χ2v) is 8.96. The van der Waals surface area contributed by atoms with Crippen molar-refractivity contribution in [1.82, 2.24) is 4.98 Å². The van der Waals surface area contributed by atoms with Crippen molar-refractivity contribution in [3.8, 4) is 5.75 Å². The Balaban J connectivity index is 1.60. The number of amides is 1. The van der Waals surface area contributed by atoms with Gasteiger partial charge in [0.25, 0.3) is 5.91 Å². The van der Waals surface area contributed by atoms with Crippen LogP contribution >= 0.6 is 22.9 Å². The molecule has 1 heterocycles. The summed E-state index contributed by atoms with van der Waals surface area (Å²) < 4.78 is 6.74. The van der Waals surface area contributed by atoms with Crippen LogP contribution in [0, 0.1) is 0 Å². The lowest BCUT2D eigenvalue weighted by molar-refractivity contribution is 0.0985. The number of rotatable bonds is 9. The molecular weight excluding hydrogens is 440 g/mol. The second kappa shape index (κ2) is 10.6. The van der Waals surface area contributed by atoms with E-state index in [4.69, 9.17) is 21.3 Å². The highest BCUT2D eigenvalue weighted by molar-refractivity contribution is 7.22. The van der Waals surface area contributed by atoms with Crippen LogP contribution in [0.25, 0.3) is 10.2 Å². The van der Waals surface area contributed by atoms with Gasteiger partial charge < -0.3 is 4.74 Å². The van der Waals surface area contributed by atoms with E-state index in [2.05, 4.69) is 6.92 Å². The lowest BCUT2D eigenvalue weighted by Gasteiger charge is -2.20. The van der Waals surface area contributed by atoms with Crippen LogP contribution in [-0.4, -0.2) is 17.5 Å². The highest BCUT2D eigenvalue weighted by atomic mass is 35.5. The van der Waals surface area contributed by atoms with Crippen molar-refractivity contribution in [1.29, 1.82) is 0 Å². The van der Waals surface area contributed by atoms with Crippen LogP contribution in [0.1, 0.15) is 42.1 Å². The number of unbranched alkanes of at least 4 members (excludes halogenated alkanes) is 2. The van der Waals surface area contributed by atoms with Crippen molar-refractivity contribution in [2.75, 3.05) is 11.5 Å².